The average molecular weight is 418 g/mol. The normalized spacial score (nSPS) is 13.6. The maximum Gasteiger partial charge on any atom is 0.164 e. The van der Waals surface area contributed by atoms with E-state index in [1.165, 1.54) is 11.1 Å². The van der Waals surface area contributed by atoms with E-state index in [-0.39, 0.29) is 11.9 Å². The first kappa shape index (κ1) is 21.3. The van der Waals surface area contributed by atoms with Crippen LogP contribution in [0.5, 0.6) is 5.75 Å². The minimum absolute atomic E-state index is 0.147. The molecule has 1 fully saturated rings. The van der Waals surface area contributed by atoms with Gasteiger partial charge in [-0.2, -0.15) is 0 Å². The first-order chi connectivity index (χ1) is 14.9. The van der Waals surface area contributed by atoms with E-state index in [2.05, 4.69) is 46.8 Å². The molecule has 5 heteroatoms. The van der Waals surface area contributed by atoms with Gasteiger partial charge in [0.2, 0.25) is 0 Å². The molecule has 1 aliphatic carbocycles. The molecule has 2 aromatic carbocycles. The van der Waals surface area contributed by atoms with Crippen molar-refractivity contribution in [2.75, 3.05) is 0 Å². The summed E-state index contributed by atoms with van der Waals surface area (Å²) < 4.78 is 7.99. The molecule has 0 aliphatic heterocycles. The zero-order chi connectivity index (χ0) is 22.0. The highest BCUT2D eigenvalue weighted by Crippen LogP contribution is 2.39. The molecule has 0 spiro atoms. The molecule has 0 radical (unpaired) electrons. The van der Waals surface area contributed by atoms with E-state index < -0.39 is 0 Å². The van der Waals surface area contributed by atoms with Crippen LogP contribution in [0.4, 0.5) is 0 Å². The van der Waals surface area contributed by atoms with Gasteiger partial charge in [0.25, 0.3) is 0 Å². The van der Waals surface area contributed by atoms with Crippen molar-refractivity contribution in [3.63, 3.8) is 0 Å². The quantitative estimate of drug-likeness (QED) is 0.466. The molecule has 1 aromatic heterocycles. The summed E-state index contributed by atoms with van der Waals surface area (Å²) in [6.07, 6.45) is 4.02. The average Bonchev–Trinajstić information content (AvgIpc) is 3.48. The van der Waals surface area contributed by atoms with Gasteiger partial charge in [-0.3, -0.25) is 4.79 Å². The van der Waals surface area contributed by atoms with Crippen LogP contribution in [0.2, 0.25) is 0 Å². The minimum atomic E-state index is 0.147. The molecule has 0 saturated heterocycles. The second-order valence-electron chi connectivity index (χ2n) is 8.88. The topological polar surface area (TPSA) is 57.0 Å². The molecule has 0 bridgehead atoms. The number of benzene rings is 2. The van der Waals surface area contributed by atoms with Gasteiger partial charge in [0.1, 0.15) is 17.4 Å². The van der Waals surface area contributed by atoms with Gasteiger partial charge in [0.05, 0.1) is 6.10 Å². The van der Waals surface area contributed by atoms with Crippen LogP contribution < -0.4 is 4.74 Å². The van der Waals surface area contributed by atoms with E-state index in [1.807, 2.05) is 38.1 Å². The monoisotopic (exact) mass is 417 g/mol. The van der Waals surface area contributed by atoms with Crippen LogP contribution in [0.1, 0.15) is 61.7 Å². The lowest BCUT2D eigenvalue weighted by Gasteiger charge is -2.12. The summed E-state index contributed by atoms with van der Waals surface area (Å²) in [5, 5.41) is 8.95. The van der Waals surface area contributed by atoms with E-state index in [9.17, 15) is 4.79 Å². The van der Waals surface area contributed by atoms with Crippen molar-refractivity contribution < 1.29 is 9.53 Å². The van der Waals surface area contributed by atoms with Gasteiger partial charge in [0, 0.05) is 30.9 Å². The Labute approximate surface area is 184 Å². The number of Topliss-reactive ketones (excluding diaryl/α,β-unsaturated/α-hetero) is 1. The molecule has 162 valence electrons. The maximum absolute atomic E-state index is 12.7. The van der Waals surface area contributed by atoms with Crippen LogP contribution in [0.25, 0.3) is 11.4 Å². The maximum atomic E-state index is 12.7. The van der Waals surface area contributed by atoms with E-state index in [0.29, 0.717) is 25.3 Å². The fourth-order valence-corrected chi connectivity index (χ4v) is 3.96. The van der Waals surface area contributed by atoms with Crippen molar-refractivity contribution in [1.82, 2.24) is 14.8 Å². The predicted molar refractivity (Wildman–Crippen MR) is 122 cm³/mol. The van der Waals surface area contributed by atoms with Gasteiger partial charge < -0.3 is 9.30 Å². The van der Waals surface area contributed by atoms with Gasteiger partial charge in [-0.15, -0.1) is 10.2 Å². The Balaban J connectivity index is 1.46. The zero-order valence-electron chi connectivity index (χ0n) is 18.9. The van der Waals surface area contributed by atoms with Crippen LogP contribution in [0.3, 0.4) is 0 Å². The minimum Gasteiger partial charge on any atom is -0.491 e. The van der Waals surface area contributed by atoms with Crippen molar-refractivity contribution in [1.29, 1.82) is 0 Å². The number of aryl methyl sites for hydroxylation is 3. The van der Waals surface area contributed by atoms with Crippen molar-refractivity contribution in [2.24, 2.45) is 0 Å². The molecule has 4 rings (SSSR count). The molecule has 0 unspecified atom stereocenters. The van der Waals surface area contributed by atoms with E-state index in [0.717, 1.165) is 41.4 Å². The van der Waals surface area contributed by atoms with Crippen LogP contribution in [-0.4, -0.2) is 26.7 Å². The Morgan fingerprint density at radius 2 is 1.84 bits per heavy atom. The van der Waals surface area contributed by atoms with E-state index in [4.69, 9.17) is 4.74 Å². The summed E-state index contributed by atoms with van der Waals surface area (Å²) in [7, 11) is 0. The number of carbonyl (C=O) groups excluding carboxylic acids is 1. The zero-order valence-corrected chi connectivity index (χ0v) is 18.9. The molecule has 0 N–H and O–H groups in total. The third-order valence-corrected chi connectivity index (χ3v) is 5.68. The largest absolute Gasteiger partial charge is 0.491 e. The van der Waals surface area contributed by atoms with Gasteiger partial charge in [-0.1, -0.05) is 23.8 Å². The van der Waals surface area contributed by atoms with E-state index >= 15 is 0 Å². The van der Waals surface area contributed by atoms with Gasteiger partial charge >= 0.3 is 0 Å². The Morgan fingerprint density at radius 1 is 1.10 bits per heavy atom. The summed E-state index contributed by atoms with van der Waals surface area (Å²) >= 11 is 0. The fourth-order valence-electron chi connectivity index (χ4n) is 3.96. The van der Waals surface area contributed by atoms with Gasteiger partial charge in [0.15, 0.2) is 5.82 Å². The predicted octanol–water partition coefficient (Wildman–Crippen LogP) is 5.43. The number of ketones is 1. The smallest absolute Gasteiger partial charge is 0.164 e. The Hall–Kier alpha value is -2.95. The second-order valence-corrected chi connectivity index (χ2v) is 8.88. The number of hydrogen-bond acceptors (Lipinski definition) is 4. The Morgan fingerprint density at radius 3 is 2.48 bits per heavy atom. The molecule has 5 nitrogen and oxygen atoms in total. The van der Waals surface area contributed by atoms with Crippen molar-refractivity contribution in [2.45, 2.75) is 71.9 Å². The van der Waals surface area contributed by atoms with Gasteiger partial charge in [-0.25, -0.2) is 0 Å². The lowest BCUT2D eigenvalue weighted by molar-refractivity contribution is -0.118. The first-order valence-corrected chi connectivity index (χ1v) is 11.2. The van der Waals surface area contributed by atoms with Crippen LogP contribution in [0.15, 0.2) is 42.5 Å². The Bertz CT molecular complexity index is 1060. The molecular weight excluding hydrogens is 386 g/mol. The summed E-state index contributed by atoms with van der Waals surface area (Å²) in [6.45, 7) is 8.19. The first-order valence-electron chi connectivity index (χ1n) is 11.2. The molecule has 1 aliphatic rings. The number of ether oxygens (including phenoxy) is 1. The van der Waals surface area contributed by atoms with Gasteiger partial charge in [-0.05, 0) is 75.9 Å². The third-order valence-electron chi connectivity index (χ3n) is 5.68. The summed E-state index contributed by atoms with van der Waals surface area (Å²) in [5.74, 6) is 2.90. The summed E-state index contributed by atoms with van der Waals surface area (Å²) in [5.41, 5.74) is 4.55. The molecular formula is C26H31N3O2. The van der Waals surface area contributed by atoms with Crippen LogP contribution in [0, 0.1) is 13.8 Å². The summed E-state index contributed by atoms with van der Waals surface area (Å²) in [6, 6.07) is 14.8. The highest BCUT2D eigenvalue weighted by atomic mass is 16.5. The molecule has 31 heavy (non-hydrogen) atoms. The summed E-state index contributed by atoms with van der Waals surface area (Å²) in [4.78, 5) is 12.7. The molecule has 0 amide bonds. The number of rotatable bonds is 9. The third kappa shape index (κ3) is 5.22. The fraction of sp³-hybridized carbons (Fsp3) is 0.423. The molecule has 0 atom stereocenters. The number of nitrogens with zero attached hydrogens (tertiary/aromatic N) is 3. The number of aromatic nitrogens is 3. The SMILES string of the molecule is Cc1ccc(CC(=O)CCc2nnc(-c3ccc(OC(C)C)cc3)n2C2CC2)c(C)c1. The van der Waals surface area contributed by atoms with Crippen molar-refractivity contribution in [3.8, 4) is 17.1 Å². The van der Waals surface area contributed by atoms with Crippen molar-refractivity contribution >= 4 is 5.78 Å². The second kappa shape index (κ2) is 9.04. The van der Waals surface area contributed by atoms with Crippen molar-refractivity contribution in [3.05, 3.63) is 65.0 Å². The Kier molecular flexibility index (Phi) is 6.21. The van der Waals surface area contributed by atoms with E-state index in [1.54, 1.807) is 0 Å². The number of hydrogen-bond donors (Lipinski definition) is 0. The highest BCUT2D eigenvalue weighted by Gasteiger charge is 2.30. The standard InChI is InChI=1S/C26H31N3O2/c1-17(2)31-24-12-7-20(8-13-24)26-28-27-25(29(26)22-9-10-22)14-11-23(30)16-21-6-5-18(3)15-19(21)4/h5-8,12-13,15,17,22H,9-11,14,16H2,1-4H3. The van der Waals surface area contributed by atoms with Crippen LogP contribution in [-0.2, 0) is 17.6 Å². The lowest BCUT2D eigenvalue weighted by Crippen LogP contribution is -2.09. The lowest BCUT2D eigenvalue weighted by atomic mass is 9.99. The molecule has 3 aromatic rings. The number of carbonyl (C=O) groups is 1. The highest BCUT2D eigenvalue weighted by molar-refractivity contribution is 5.81. The molecule has 1 heterocycles. The van der Waals surface area contributed by atoms with Crippen LogP contribution >= 0.6 is 0 Å². The molecule has 1 saturated carbocycles.